The molecule has 1 aromatic rings. The molecule has 20 heavy (non-hydrogen) atoms. The SMILES string of the molecule is CCOc1ccccc1C(C(=O)OC)N1CCNCC1. The Morgan fingerprint density at radius 1 is 1.35 bits per heavy atom. The topological polar surface area (TPSA) is 50.8 Å². The maximum atomic E-state index is 12.2. The number of hydrogen-bond donors (Lipinski definition) is 1. The van der Waals surface area contributed by atoms with Crippen molar-refractivity contribution in [2.24, 2.45) is 0 Å². The number of nitrogens with one attached hydrogen (secondary N) is 1. The Morgan fingerprint density at radius 2 is 2.05 bits per heavy atom. The average molecular weight is 278 g/mol. The van der Waals surface area contributed by atoms with Crippen LogP contribution in [0.5, 0.6) is 5.75 Å². The summed E-state index contributed by atoms with van der Waals surface area (Å²) in [6.45, 7) is 5.91. The lowest BCUT2D eigenvalue weighted by molar-refractivity contribution is -0.147. The van der Waals surface area contributed by atoms with E-state index in [0.29, 0.717) is 6.61 Å². The molecule has 2 rings (SSSR count). The third-order valence-electron chi connectivity index (χ3n) is 3.45. The Labute approximate surface area is 119 Å². The monoisotopic (exact) mass is 278 g/mol. The van der Waals surface area contributed by atoms with E-state index in [9.17, 15) is 4.79 Å². The summed E-state index contributed by atoms with van der Waals surface area (Å²) in [6, 6.07) is 7.28. The third-order valence-corrected chi connectivity index (χ3v) is 3.45. The van der Waals surface area contributed by atoms with Crippen LogP contribution >= 0.6 is 0 Å². The first kappa shape index (κ1) is 14.8. The van der Waals surface area contributed by atoms with Crippen molar-refractivity contribution in [3.8, 4) is 5.75 Å². The lowest BCUT2D eigenvalue weighted by Crippen LogP contribution is -2.47. The zero-order valence-corrected chi connectivity index (χ0v) is 12.1. The van der Waals surface area contributed by atoms with Gasteiger partial charge >= 0.3 is 5.97 Å². The standard InChI is InChI=1S/C15H22N2O3/c1-3-20-13-7-5-4-6-12(13)14(15(18)19-2)17-10-8-16-9-11-17/h4-7,14,16H,3,8-11H2,1-2H3. The second-order valence-corrected chi connectivity index (χ2v) is 4.68. The van der Waals surface area contributed by atoms with Crippen molar-refractivity contribution < 1.29 is 14.3 Å². The number of methoxy groups -OCH3 is 1. The van der Waals surface area contributed by atoms with Gasteiger partial charge in [-0.15, -0.1) is 0 Å². The predicted octanol–water partition coefficient (Wildman–Crippen LogP) is 1.20. The average Bonchev–Trinajstić information content (AvgIpc) is 2.50. The predicted molar refractivity (Wildman–Crippen MR) is 76.8 cm³/mol. The quantitative estimate of drug-likeness (QED) is 0.820. The Hall–Kier alpha value is -1.59. The number of hydrogen-bond acceptors (Lipinski definition) is 5. The van der Waals surface area contributed by atoms with Crippen LogP contribution < -0.4 is 10.1 Å². The second-order valence-electron chi connectivity index (χ2n) is 4.68. The minimum atomic E-state index is -0.398. The molecule has 1 saturated heterocycles. The Bertz CT molecular complexity index is 444. The van der Waals surface area contributed by atoms with Gasteiger partial charge in [0.05, 0.1) is 13.7 Å². The molecular weight excluding hydrogens is 256 g/mol. The lowest BCUT2D eigenvalue weighted by Gasteiger charge is -2.34. The molecule has 110 valence electrons. The van der Waals surface area contributed by atoms with Crippen LogP contribution in [0.15, 0.2) is 24.3 Å². The molecule has 1 aliphatic heterocycles. The summed E-state index contributed by atoms with van der Waals surface area (Å²) in [6.07, 6.45) is 0. The lowest BCUT2D eigenvalue weighted by atomic mass is 10.0. The molecule has 0 aromatic heterocycles. The first-order valence-corrected chi connectivity index (χ1v) is 7.02. The van der Waals surface area contributed by atoms with Crippen molar-refractivity contribution in [2.45, 2.75) is 13.0 Å². The van der Waals surface area contributed by atoms with E-state index in [0.717, 1.165) is 37.5 Å². The smallest absolute Gasteiger partial charge is 0.327 e. The number of ether oxygens (including phenoxy) is 2. The normalized spacial score (nSPS) is 17.5. The first-order chi connectivity index (χ1) is 9.77. The minimum Gasteiger partial charge on any atom is -0.494 e. The van der Waals surface area contributed by atoms with Crippen LogP contribution in [-0.4, -0.2) is 50.8 Å². The molecule has 1 N–H and O–H groups in total. The summed E-state index contributed by atoms with van der Waals surface area (Å²) in [5.74, 6) is 0.517. The van der Waals surface area contributed by atoms with E-state index in [1.807, 2.05) is 31.2 Å². The largest absolute Gasteiger partial charge is 0.494 e. The van der Waals surface area contributed by atoms with Crippen LogP contribution in [0.4, 0.5) is 0 Å². The second kappa shape index (κ2) is 7.26. The molecular formula is C15H22N2O3. The van der Waals surface area contributed by atoms with Crippen molar-refractivity contribution in [1.29, 1.82) is 0 Å². The van der Waals surface area contributed by atoms with Gasteiger partial charge in [-0.05, 0) is 13.0 Å². The molecule has 0 bridgehead atoms. The number of carbonyl (C=O) groups is 1. The highest BCUT2D eigenvalue weighted by Gasteiger charge is 2.31. The van der Waals surface area contributed by atoms with Gasteiger partial charge in [0.1, 0.15) is 11.8 Å². The van der Waals surface area contributed by atoms with Crippen molar-refractivity contribution in [3.05, 3.63) is 29.8 Å². The minimum absolute atomic E-state index is 0.237. The molecule has 0 amide bonds. The fourth-order valence-electron chi connectivity index (χ4n) is 2.52. The Balaban J connectivity index is 2.32. The number of esters is 1. The van der Waals surface area contributed by atoms with Crippen LogP contribution in [0.25, 0.3) is 0 Å². The fraction of sp³-hybridized carbons (Fsp3) is 0.533. The molecule has 1 atom stereocenters. The van der Waals surface area contributed by atoms with Gasteiger partial charge in [0.25, 0.3) is 0 Å². The highest BCUT2D eigenvalue weighted by Crippen LogP contribution is 2.30. The molecule has 0 spiro atoms. The molecule has 5 nitrogen and oxygen atoms in total. The van der Waals surface area contributed by atoms with Crippen molar-refractivity contribution >= 4 is 5.97 Å². The summed E-state index contributed by atoms with van der Waals surface area (Å²) >= 11 is 0. The zero-order chi connectivity index (χ0) is 14.4. The third kappa shape index (κ3) is 3.29. The van der Waals surface area contributed by atoms with E-state index in [1.54, 1.807) is 0 Å². The van der Waals surface area contributed by atoms with Gasteiger partial charge in [-0.25, -0.2) is 4.79 Å². The molecule has 0 aliphatic carbocycles. The molecule has 5 heteroatoms. The number of carbonyl (C=O) groups excluding carboxylic acids is 1. The van der Waals surface area contributed by atoms with Gasteiger partial charge in [0.2, 0.25) is 0 Å². The number of para-hydroxylation sites is 1. The molecule has 0 saturated carbocycles. The van der Waals surface area contributed by atoms with Crippen LogP contribution in [0.3, 0.4) is 0 Å². The summed E-state index contributed by atoms with van der Waals surface area (Å²) in [5.41, 5.74) is 0.878. The summed E-state index contributed by atoms with van der Waals surface area (Å²) < 4.78 is 10.6. The molecule has 1 aromatic carbocycles. The van der Waals surface area contributed by atoms with Gasteiger partial charge in [0, 0.05) is 31.7 Å². The van der Waals surface area contributed by atoms with E-state index in [4.69, 9.17) is 9.47 Å². The maximum absolute atomic E-state index is 12.2. The van der Waals surface area contributed by atoms with E-state index in [2.05, 4.69) is 10.2 Å². The van der Waals surface area contributed by atoms with Gasteiger partial charge in [-0.3, -0.25) is 4.90 Å². The summed E-state index contributed by atoms with van der Waals surface area (Å²) in [7, 11) is 1.43. The molecule has 1 fully saturated rings. The van der Waals surface area contributed by atoms with Crippen LogP contribution in [0.2, 0.25) is 0 Å². The number of nitrogens with zero attached hydrogens (tertiary/aromatic N) is 1. The van der Waals surface area contributed by atoms with Crippen LogP contribution in [0, 0.1) is 0 Å². The highest BCUT2D eigenvalue weighted by molar-refractivity contribution is 5.78. The molecule has 1 aliphatic rings. The van der Waals surface area contributed by atoms with Gasteiger partial charge in [-0.1, -0.05) is 18.2 Å². The van der Waals surface area contributed by atoms with Crippen LogP contribution in [-0.2, 0) is 9.53 Å². The summed E-state index contributed by atoms with van der Waals surface area (Å²) in [4.78, 5) is 14.4. The fourth-order valence-corrected chi connectivity index (χ4v) is 2.52. The van der Waals surface area contributed by atoms with E-state index >= 15 is 0 Å². The van der Waals surface area contributed by atoms with Gasteiger partial charge in [0.15, 0.2) is 0 Å². The zero-order valence-electron chi connectivity index (χ0n) is 12.1. The van der Waals surface area contributed by atoms with Crippen molar-refractivity contribution in [1.82, 2.24) is 10.2 Å². The molecule has 0 radical (unpaired) electrons. The number of rotatable bonds is 5. The number of piperazine rings is 1. The Morgan fingerprint density at radius 3 is 2.70 bits per heavy atom. The van der Waals surface area contributed by atoms with Crippen molar-refractivity contribution in [3.63, 3.8) is 0 Å². The van der Waals surface area contributed by atoms with Gasteiger partial charge in [-0.2, -0.15) is 0 Å². The van der Waals surface area contributed by atoms with Crippen LogP contribution in [0.1, 0.15) is 18.5 Å². The van der Waals surface area contributed by atoms with E-state index in [1.165, 1.54) is 7.11 Å². The van der Waals surface area contributed by atoms with Crippen molar-refractivity contribution in [2.75, 3.05) is 39.9 Å². The van der Waals surface area contributed by atoms with E-state index in [-0.39, 0.29) is 5.97 Å². The highest BCUT2D eigenvalue weighted by atomic mass is 16.5. The Kier molecular flexibility index (Phi) is 5.38. The van der Waals surface area contributed by atoms with Gasteiger partial charge < -0.3 is 14.8 Å². The molecule has 1 unspecified atom stereocenters. The van der Waals surface area contributed by atoms with E-state index < -0.39 is 6.04 Å². The molecule has 1 heterocycles. The summed E-state index contributed by atoms with van der Waals surface area (Å²) in [5, 5.41) is 3.29. The first-order valence-electron chi connectivity index (χ1n) is 7.02. The maximum Gasteiger partial charge on any atom is 0.327 e. The number of benzene rings is 1.